The molecule has 0 unspecified atom stereocenters. The zero-order valence-electron chi connectivity index (χ0n) is 18.1. The Balaban J connectivity index is 1.61. The van der Waals surface area contributed by atoms with Crippen LogP contribution in [0.3, 0.4) is 0 Å². The third-order valence-corrected chi connectivity index (χ3v) is 6.67. The van der Waals surface area contributed by atoms with Gasteiger partial charge in [-0.15, -0.1) is 0 Å². The van der Waals surface area contributed by atoms with Gasteiger partial charge in [-0.05, 0) is 79.9 Å². The van der Waals surface area contributed by atoms with Crippen molar-refractivity contribution >= 4 is 21.4 Å². The van der Waals surface area contributed by atoms with E-state index < -0.39 is 10.1 Å². The molecule has 0 aliphatic heterocycles. The Kier molecular flexibility index (Phi) is 6.15. The normalized spacial score (nSPS) is 11.6. The molecule has 32 heavy (non-hydrogen) atoms. The highest BCUT2D eigenvalue weighted by molar-refractivity contribution is 7.87. The highest BCUT2D eigenvalue weighted by Gasteiger charge is 2.20. The van der Waals surface area contributed by atoms with E-state index in [2.05, 4.69) is 13.0 Å². The van der Waals surface area contributed by atoms with Crippen LogP contribution in [0.2, 0.25) is 0 Å². The number of hydrogen-bond acceptors (Lipinski definition) is 4. The number of aromatic nitrogens is 1. The second-order valence-corrected chi connectivity index (χ2v) is 9.37. The molecule has 0 radical (unpaired) electrons. The fraction of sp³-hybridized carbons (Fsp3) is 0.192. The smallest absolute Gasteiger partial charge is 0.339 e. The summed E-state index contributed by atoms with van der Waals surface area (Å²) < 4.78 is 32.2. The predicted octanol–water partition coefficient (Wildman–Crippen LogP) is 5.59. The van der Waals surface area contributed by atoms with Crippen LogP contribution >= 0.6 is 0 Å². The maximum Gasteiger partial charge on any atom is 0.339 e. The van der Waals surface area contributed by atoms with Gasteiger partial charge in [0.1, 0.15) is 10.6 Å². The van der Waals surface area contributed by atoms with E-state index in [4.69, 9.17) is 4.18 Å². The fourth-order valence-electron chi connectivity index (χ4n) is 3.67. The van der Waals surface area contributed by atoms with Gasteiger partial charge in [-0.25, -0.2) is 0 Å². The van der Waals surface area contributed by atoms with Crippen molar-refractivity contribution in [3.05, 3.63) is 101 Å². The van der Waals surface area contributed by atoms with Gasteiger partial charge in [0.25, 0.3) is 0 Å². The van der Waals surface area contributed by atoms with Crippen molar-refractivity contribution in [2.45, 2.75) is 38.0 Å². The molecule has 5 nitrogen and oxygen atoms in total. The first-order chi connectivity index (χ1) is 15.4. The molecule has 0 aliphatic rings. The van der Waals surface area contributed by atoms with Gasteiger partial charge < -0.3 is 8.58 Å². The van der Waals surface area contributed by atoms with Crippen molar-refractivity contribution in [1.82, 2.24) is 4.40 Å². The van der Waals surface area contributed by atoms with Crippen molar-refractivity contribution in [1.29, 1.82) is 0 Å². The maximum absolute atomic E-state index is 13.4. The summed E-state index contributed by atoms with van der Waals surface area (Å²) in [7, 11) is -3.94. The number of ketones is 1. The maximum atomic E-state index is 13.4. The first-order valence-electron chi connectivity index (χ1n) is 10.6. The summed E-state index contributed by atoms with van der Waals surface area (Å²) in [5, 5.41) is 0. The van der Waals surface area contributed by atoms with Gasteiger partial charge >= 0.3 is 10.1 Å². The van der Waals surface area contributed by atoms with E-state index >= 15 is 0 Å². The van der Waals surface area contributed by atoms with E-state index in [9.17, 15) is 13.2 Å². The van der Waals surface area contributed by atoms with E-state index in [1.165, 1.54) is 24.3 Å². The molecule has 2 heterocycles. The van der Waals surface area contributed by atoms with Gasteiger partial charge in [0, 0.05) is 17.3 Å². The summed E-state index contributed by atoms with van der Waals surface area (Å²) in [6.45, 7) is 4.01. The van der Waals surface area contributed by atoms with Crippen molar-refractivity contribution in [2.75, 3.05) is 0 Å². The summed E-state index contributed by atoms with van der Waals surface area (Å²) in [5.74, 6) is 0.0589. The summed E-state index contributed by atoms with van der Waals surface area (Å²) in [6.07, 6.45) is 4.76. The summed E-state index contributed by atoms with van der Waals surface area (Å²) >= 11 is 0. The SMILES string of the molecule is CCCCc1cc2ccccn2c1C(=O)c1ccc(OS(=O)(=O)c2ccc(C)cc2)cc1. The predicted molar refractivity (Wildman–Crippen MR) is 125 cm³/mol. The molecule has 0 spiro atoms. The van der Waals surface area contributed by atoms with Crippen LogP contribution in [0.1, 0.15) is 46.9 Å². The molecular weight excluding hydrogens is 422 g/mol. The number of hydrogen-bond donors (Lipinski definition) is 0. The number of pyridine rings is 1. The topological polar surface area (TPSA) is 64.8 Å². The molecule has 0 N–H and O–H groups in total. The summed E-state index contributed by atoms with van der Waals surface area (Å²) in [6, 6.07) is 20.6. The lowest BCUT2D eigenvalue weighted by atomic mass is 10.0. The number of nitrogens with zero attached hydrogens (tertiary/aromatic N) is 1. The molecule has 0 aliphatic carbocycles. The Bertz CT molecular complexity index is 1350. The van der Waals surface area contributed by atoms with E-state index in [1.54, 1.807) is 24.3 Å². The molecule has 0 amide bonds. The molecule has 0 bridgehead atoms. The molecule has 2 aromatic carbocycles. The second-order valence-electron chi connectivity index (χ2n) is 7.82. The van der Waals surface area contributed by atoms with Crippen LogP contribution in [0.25, 0.3) is 5.52 Å². The van der Waals surface area contributed by atoms with E-state index in [0.717, 1.165) is 35.9 Å². The lowest BCUT2D eigenvalue weighted by molar-refractivity contribution is 0.103. The van der Waals surface area contributed by atoms with Crippen LogP contribution in [0.15, 0.2) is 83.9 Å². The van der Waals surface area contributed by atoms with Crippen LogP contribution in [0.4, 0.5) is 0 Å². The molecule has 6 heteroatoms. The number of rotatable bonds is 8. The third-order valence-electron chi connectivity index (χ3n) is 5.41. The lowest BCUT2D eigenvalue weighted by Crippen LogP contribution is -2.11. The van der Waals surface area contributed by atoms with Crippen molar-refractivity contribution in [2.24, 2.45) is 0 Å². The Morgan fingerprint density at radius 3 is 2.38 bits per heavy atom. The fourth-order valence-corrected chi connectivity index (χ4v) is 4.60. The lowest BCUT2D eigenvalue weighted by Gasteiger charge is -2.09. The summed E-state index contributed by atoms with van der Waals surface area (Å²) in [5.41, 5.74) is 4.08. The third kappa shape index (κ3) is 4.46. The number of carbonyl (C=O) groups is 1. The van der Waals surface area contributed by atoms with Crippen LogP contribution in [-0.4, -0.2) is 18.6 Å². The first kappa shape index (κ1) is 21.8. The van der Waals surface area contributed by atoms with E-state index in [-0.39, 0.29) is 16.4 Å². The first-order valence-corrected chi connectivity index (χ1v) is 12.0. The number of aryl methyl sites for hydroxylation is 2. The van der Waals surface area contributed by atoms with Crippen LogP contribution in [0, 0.1) is 6.92 Å². The molecular formula is C26H25NO4S. The zero-order chi connectivity index (χ0) is 22.7. The van der Waals surface area contributed by atoms with Gasteiger partial charge in [-0.3, -0.25) is 4.79 Å². The molecule has 4 aromatic rings. The number of carbonyl (C=O) groups excluding carboxylic acids is 1. The van der Waals surface area contributed by atoms with Gasteiger partial charge in [-0.2, -0.15) is 8.42 Å². The standard InChI is InChI=1S/C26H25NO4S/c1-3-4-7-21-18-22-8-5-6-17-27(22)25(21)26(28)20-11-13-23(14-12-20)31-32(29,30)24-15-9-19(2)10-16-24/h5-6,8-18H,3-4,7H2,1-2H3. The molecule has 0 saturated heterocycles. The van der Waals surface area contributed by atoms with E-state index in [0.29, 0.717) is 11.3 Å². The Morgan fingerprint density at radius 2 is 1.69 bits per heavy atom. The number of unbranched alkanes of at least 4 members (excludes halogenated alkanes) is 1. The minimum atomic E-state index is -3.94. The van der Waals surface area contributed by atoms with Crippen LogP contribution in [-0.2, 0) is 16.5 Å². The molecule has 4 rings (SSSR count). The van der Waals surface area contributed by atoms with E-state index in [1.807, 2.05) is 35.7 Å². The molecule has 2 aromatic heterocycles. The molecule has 164 valence electrons. The minimum Gasteiger partial charge on any atom is -0.379 e. The number of benzene rings is 2. The van der Waals surface area contributed by atoms with Crippen LogP contribution in [0.5, 0.6) is 5.75 Å². The van der Waals surface area contributed by atoms with Gasteiger partial charge in [0.15, 0.2) is 0 Å². The average Bonchev–Trinajstić information content (AvgIpc) is 3.16. The number of fused-ring (bicyclic) bond motifs is 1. The Morgan fingerprint density at radius 1 is 0.969 bits per heavy atom. The van der Waals surface area contributed by atoms with Gasteiger partial charge in [-0.1, -0.05) is 37.1 Å². The van der Waals surface area contributed by atoms with Crippen molar-refractivity contribution < 1.29 is 17.4 Å². The van der Waals surface area contributed by atoms with Crippen molar-refractivity contribution in [3.63, 3.8) is 0 Å². The van der Waals surface area contributed by atoms with Gasteiger partial charge in [0.05, 0.1) is 5.69 Å². The highest BCUT2D eigenvalue weighted by Crippen LogP contribution is 2.24. The Labute approximate surface area is 188 Å². The molecule has 0 fully saturated rings. The highest BCUT2D eigenvalue weighted by atomic mass is 32.2. The monoisotopic (exact) mass is 447 g/mol. The molecule has 0 atom stereocenters. The second kappa shape index (κ2) is 9.01. The largest absolute Gasteiger partial charge is 0.379 e. The Hall–Kier alpha value is -3.38. The summed E-state index contributed by atoms with van der Waals surface area (Å²) in [4.78, 5) is 13.5. The quantitative estimate of drug-likeness (QED) is 0.261. The van der Waals surface area contributed by atoms with Crippen LogP contribution < -0.4 is 4.18 Å². The minimum absolute atomic E-state index is 0.0866. The molecule has 0 saturated carbocycles. The average molecular weight is 448 g/mol. The zero-order valence-corrected chi connectivity index (χ0v) is 18.9. The van der Waals surface area contributed by atoms with Gasteiger partial charge in [0.2, 0.25) is 5.78 Å². The van der Waals surface area contributed by atoms with Crippen molar-refractivity contribution in [3.8, 4) is 5.75 Å².